The molecular formula is C10H14Cl2. The minimum atomic E-state index is 0.613. The van der Waals surface area contributed by atoms with Crippen LogP contribution in [0.15, 0.2) is 18.2 Å². The highest BCUT2D eigenvalue weighted by atomic mass is 35.5. The first-order valence-corrected chi connectivity index (χ1v) is 4.79. The zero-order chi connectivity index (χ0) is 9.56. The molecule has 1 rings (SSSR count). The number of rotatable bonds is 0. The van der Waals surface area contributed by atoms with Gasteiger partial charge in [0, 0.05) is 0 Å². The molecule has 0 saturated heterocycles. The Morgan fingerprint density at radius 3 is 1.92 bits per heavy atom. The van der Waals surface area contributed by atoms with Gasteiger partial charge in [-0.2, -0.15) is 0 Å². The quantitative estimate of drug-likeness (QED) is 0.574. The summed E-state index contributed by atoms with van der Waals surface area (Å²) >= 11 is 11.3. The summed E-state index contributed by atoms with van der Waals surface area (Å²) in [6.07, 6.45) is 1.25. The van der Waals surface area contributed by atoms with Crippen LogP contribution in [0.25, 0.3) is 0 Å². The van der Waals surface area contributed by atoms with E-state index in [1.165, 1.54) is 6.42 Å². The summed E-state index contributed by atoms with van der Waals surface area (Å²) in [5, 5.41) is 1.24. The van der Waals surface area contributed by atoms with Crippen molar-refractivity contribution < 1.29 is 0 Å². The smallest absolute Gasteiger partial charge is 0.0594 e. The minimum absolute atomic E-state index is 0.613. The molecule has 0 fully saturated rings. The van der Waals surface area contributed by atoms with E-state index in [1.54, 1.807) is 6.07 Å². The molecule has 0 heterocycles. The van der Waals surface area contributed by atoms with Crippen molar-refractivity contribution in [2.24, 2.45) is 0 Å². The van der Waals surface area contributed by atoms with Crippen LogP contribution in [-0.2, 0) is 0 Å². The molecule has 0 spiro atoms. The molecule has 0 aromatic heterocycles. The molecular weight excluding hydrogens is 191 g/mol. The Bertz CT molecular complexity index is 231. The normalized spacial score (nSPS) is 8.75. The van der Waals surface area contributed by atoms with Crippen molar-refractivity contribution in [3.63, 3.8) is 0 Å². The van der Waals surface area contributed by atoms with Crippen molar-refractivity contribution in [2.75, 3.05) is 0 Å². The Kier molecular flexibility index (Phi) is 6.23. The maximum atomic E-state index is 5.68. The lowest BCUT2D eigenvalue weighted by atomic mass is 10.2. The molecule has 0 atom stereocenters. The van der Waals surface area contributed by atoms with E-state index in [-0.39, 0.29) is 0 Å². The van der Waals surface area contributed by atoms with Crippen LogP contribution < -0.4 is 0 Å². The van der Waals surface area contributed by atoms with E-state index >= 15 is 0 Å². The standard InChI is InChI=1S/C7H6Cl2.C3H8/c1-5-2-3-6(8)7(9)4-5;1-3-2/h2-4H,1H3;3H2,1-2H3. The highest BCUT2D eigenvalue weighted by Gasteiger charge is 1.93. The average molecular weight is 205 g/mol. The van der Waals surface area contributed by atoms with Gasteiger partial charge in [-0.3, -0.25) is 0 Å². The molecule has 0 nitrogen and oxygen atoms in total. The SMILES string of the molecule is CCC.Cc1ccc(Cl)c(Cl)c1. The second-order valence-electron chi connectivity index (χ2n) is 2.62. The molecule has 0 aliphatic rings. The Morgan fingerprint density at radius 2 is 1.58 bits per heavy atom. The largest absolute Gasteiger partial charge is 0.0827 e. The van der Waals surface area contributed by atoms with Gasteiger partial charge in [0.2, 0.25) is 0 Å². The van der Waals surface area contributed by atoms with Gasteiger partial charge in [-0.1, -0.05) is 49.5 Å². The van der Waals surface area contributed by atoms with E-state index in [0.29, 0.717) is 10.0 Å². The van der Waals surface area contributed by atoms with Crippen LogP contribution in [0.2, 0.25) is 10.0 Å². The molecule has 0 aliphatic carbocycles. The summed E-state index contributed by atoms with van der Waals surface area (Å²) in [6.45, 7) is 6.22. The van der Waals surface area contributed by atoms with Crippen LogP contribution >= 0.6 is 23.2 Å². The van der Waals surface area contributed by atoms with Gasteiger partial charge in [-0.15, -0.1) is 0 Å². The third-order valence-corrected chi connectivity index (χ3v) is 1.81. The van der Waals surface area contributed by atoms with Crippen molar-refractivity contribution in [2.45, 2.75) is 27.2 Å². The van der Waals surface area contributed by atoms with Crippen molar-refractivity contribution in [1.29, 1.82) is 0 Å². The second kappa shape index (κ2) is 6.33. The Hall–Kier alpha value is -0.200. The number of hydrogen-bond donors (Lipinski definition) is 0. The lowest BCUT2D eigenvalue weighted by molar-refractivity contribution is 1.09. The van der Waals surface area contributed by atoms with Crippen LogP contribution in [0.5, 0.6) is 0 Å². The topological polar surface area (TPSA) is 0 Å². The highest BCUT2D eigenvalue weighted by molar-refractivity contribution is 6.41. The van der Waals surface area contributed by atoms with Gasteiger partial charge in [0.15, 0.2) is 0 Å². The third kappa shape index (κ3) is 4.63. The van der Waals surface area contributed by atoms with Crippen LogP contribution in [0.3, 0.4) is 0 Å². The number of aryl methyl sites for hydroxylation is 1. The Balaban J connectivity index is 0.000000354. The van der Waals surface area contributed by atoms with Gasteiger partial charge < -0.3 is 0 Å². The van der Waals surface area contributed by atoms with Crippen LogP contribution in [-0.4, -0.2) is 0 Å². The summed E-state index contributed by atoms with van der Waals surface area (Å²) in [6, 6.07) is 5.55. The first-order valence-electron chi connectivity index (χ1n) is 4.03. The molecule has 1 aromatic carbocycles. The molecule has 0 N–H and O–H groups in total. The van der Waals surface area contributed by atoms with Gasteiger partial charge in [0.25, 0.3) is 0 Å². The first-order chi connectivity index (χ1) is 5.61. The fourth-order valence-corrected chi connectivity index (χ4v) is 0.954. The van der Waals surface area contributed by atoms with Gasteiger partial charge in [0.05, 0.1) is 10.0 Å². The fraction of sp³-hybridized carbons (Fsp3) is 0.400. The zero-order valence-electron chi connectivity index (χ0n) is 7.70. The van der Waals surface area contributed by atoms with Gasteiger partial charge in [-0.25, -0.2) is 0 Å². The van der Waals surface area contributed by atoms with Gasteiger partial charge in [-0.05, 0) is 24.6 Å². The molecule has 1 aromatic rings. The highest BCUT2D eigenvalue weighted by Crippen LogP contribution is 2.21. The van der Waals surface area contributed by atoms with E-state index in [9.17, 15) is 0 Å². The molecule has 0 amide bonds. The van der Waals surface area contributed by atoms with Crippen LogP contribution in [0, 0.1) is 6.92 Å². The molecule has 2 heteroatoms. The third-order valence-electron chi connectivity index (χ3n) is 1.08. The second-order valence-corrected chi connectivity index (χ2v) is 3.44. The van der Waals surface area contributed by atoms with Crippen molar-refractivity contribution in [3.05, 3.63) is 33.8 Å². The van der Waals surface area contributed by atoms with E-state index < -0.39 is 0 Å². The van der Waals surface area contributed by atoms with Crippen molar-refractivity contribution in [3.8, 4) is 0 Å². The molecule has 0 radical (unpaired) electrons. The Morgan fingerprint density at radius 1 is 1.08 bits per heavy atom. The average Bonchev–Trinajstić information content (AvgIpc) is 1.99. The fourth-order valence-electron chi connectivity index (χ4n) is 0.601. The molecule has 0 aliphatic heterocycles. The van der Waals surface area contributed by atoms with E-state index in [4.69, 9.17) is 23.2 Å². The molecule has 12 heavy (non-hydrogen) atoms. The monoisotopic (exact) mass is 204 g/mol. The predicted octanol–water partition coefficient (Wildman–Crippen LogP) is 4.72. The van der Waals surface area contributed by atoms with E-state index in [2.05, 4.69) is 13.8 Å². The Labute approximate surface area is 84.5 Å². The van der Waals surface area contributed by atoms with Crippen LogP contribution in [0.4, 0.5) is 0 Å². The minimum Gasteiger partial charge on any atom is -0.0827 e. The summed E-state index contributed by atoms with van der Waals surface area (Å²) in [5.41, 5.74) is 1.13. The van der Waals surface area contributed by atoms with E-state index in [0.717, 1.165) is 5.56 Å². The number of halogens is 2. The zero-order valence-corrected chi connectivity index (χ0v) is 9.21. The van der Waals surface area contributed by atoms with E-state index in [1.807, 2.05) is 19.1 Å². The lowest BCUT2D eigenvalue weighted by Gasteiger charge is -1.94. The number of hydrogen-bond acceptors (Lipinski definition) is 0. The lowest BCUT2D eigenvalue weighted by Crippen LogP contribution is -1.70. The predicted molar refractivity (Wildman–Crippen MR) is 57.2 cm³/mol. The van der Waals surface area contributed by atoms with Crippen molar-refractivity contribution in [1.82, 2.24) is 0 Å². The molecule has 0 unspecified atom stereocenters. The maximum Gasteiger partial charge on any atom is 0.0594 e. The molecule has 68 valence electrons. The van der Waals surface area contributed by atoms with Gasteiger partial charge >= 0.3 is 0 Å². The maximum absolute atomic E-state index is 5.68. The molecule has 0 saturated carbocycles. The molecule has 0 bridgehead atoms. The summed E-state index contributed by atoms with van der Waals surface area (Å²) in [5.74, 6) is 0. The summed E-state index contributed by atoms with van der Waals surface area (Å²) in [4.78, 5) is 0. The number of benzene rings is 1. The van der Waals surface area contributed by atoms with Crippen molar-refractivity contribution >= 4 is 23.2 Å². The van der Waals surface area contributed by atoms with Crippen LogP contribution in [0.1, 0.15) is 25.8 Å². The summed E-state index contributed by atoms with van der Waals surface area (Å²) < 4.78 is 0. The van der Waals surface area contributed by atoms with Gasteiger partial charge in [0.1, 0.15) is 0 Å². The first kappa shape index (κ1) is 11.8. The summed E-state index contributed by atoms with van der Waals surface area (Å²) in [7, 11) is 0.